The first kappa shape index (κ1) is 17.3. The van der Waals surface area contributed by atoms with Gasteiger partial charge in [0.1, 0.15) is 5.69 Å². The minimum atomic E-state index is 0.00940. The summed E-state index contributed by atoms with van der Waals surface area (Å²) in [5.41, 5.74) is 2.88. The molecule has 1 saturated heterocycles. The van der Waals surface area contributed by atoms with Crippen LogP contribution in [0.1, 0.15) is 16.1 Å². The molecule has 7 heteroatoms. The number of nitrogens with one attached hydrogen (secondary N) is 1. The monoisotopic (exact) mass is 416 g/mol. The molecule has 1 aromatic heterocycles. The minimum Gasteiger partial charge on any atom is -0.356 e. The fourth-order valence-electron chi connectivity index (χ4n) is 3.64. The minimum absolute atomic E-state index is 0.00940. The summed E-state index contributed by atoms with van der Waals surface area (Å²) in [7, 11) is 0. The number of hydrogen-bond acceptors (Lipinski definition) is 3. The average molecular weight is 417 g/mol. The summed E-state index contributed by atoms with van der Waals surface area (Å²) in [6.07, 6.45) is 2.69. The van der Waals surface area contributed by atoms with E-state index in [2.05, 4.69) is 31.9 Å². The summed E-state index contributed by atoms with van der Waals surface area (Å²) in [6, 6.07) is 9.90. The fourth-order valence-corrected chi connectivity index (χ4v) is 3.99. The first-order chi connectivity index (χ1) is 12.6. The lowest BCUT2D eigenvalue weighted by Gasteiger charge is -2.34. The Labute approximate surface area is 160 Å². The predicted octanol–water partition coefficient (Wildman–Crippen LogP) is 2.12. The van der Waals surface area contributed by atoms with Gasteiger partial charge in [-0.25, -0.2) is 0 Å². The van der Waals surface area contributed by atoms with Crippen LogP contribution in [0.3, 0.4) is 0 Å². The van der Waals surface area contributed by atoms with Gasteiger partial charge in [0.25, 0.3) is 5.91 Å². The third-order valence-corrected chi connectivity index (χ3v) is 5.54. The van der Waals surface area contributed by atoms with E-state index in [-0.39, 0.29) is 11.8 Å². The van der Waals surface area contributed by atoms with Gasteiger partial charge in [-0.15, -0.1) is 0 Å². The molecular weight excluding hydrogens is 396 g/mol. The SMILES string of the molecule is O=C(c1cc(Br)c[nH]1)N1CCN(CC(=O)N2CCc3ccccc32)CC1. The zero-order valence-electron chi connectivity index (χ0n) is 14.4. The van der Waals surface area contributed by atoms with Gasteiger partial charge in [0, 0.05) is 49.1 Å². The van der Waals surface area contributed by atoms with Gasteiger partial charge < -0.3 is 14.8 Å². The molecule has 0 atom stereocenters. The number of benzene rings is 1. The molecule has 2 aliphatic heterocycles. The van der Waals surface area contributed by atoms with E-state index in [1.165, 1.54) is 5.56 Å². The van der Waals surface area contributed by atoms with E-state index >= 15 is 0 Å². The molecule has 4 rings (SSSR count). The molecule has 1 N–H and O–H groups in total. The van der Waals surface area contributed by atoms with E-state index < -0.39 is 0 Å². The zero-order valence-corrected chi connectivity index (χ0v) is 16.0. The van der Waals surface area contributed by atoms with E-state index in [9.17, 15) is 9.59 Å². The number of carbonyl (C=O) groups excluding carboxylic acids is 2. The Bertz CT molecular complexity index is 826. The molecule has 136 valence electrons. The average Bonchev–Trinajstić information content (AvgIpc) is 3.28. The van der Waals surface area contributed by atoms with Crippen molar-refractivity contribution >= 4 is 33.4 Å². The van der Waals surface area contributed by atoms with Crippen LogP contribution < -0.4 is 4.90 Å². The quantitative estimate of drug-likeness (QED) is 0.833. The molecule has 26 heavy (non-hydrogen) atoms. The molecule has 3 heterocycles. The topological polar surface area (TPSA) is 59.7 Å². The molecular formula is C19H21BrN4O2. The molecule has 0 radical (unpaired) electrons. The van der Waals surface area contributed by atoms with Crippen molar-refractivity contribution in [2.24, 2.45) is 0 Å². The maximum Gasteiger partial charge on any atom is 0.270 e. The van der Waals surface area contributed by atoms with E-state index in [1.807, 2.05) is 28.0 Å². The summed E-state index contributed by atoms with van der Waals surface area (Å²) in [5, 5.41) is 0. The largest absolute Gasteiger partial charge is 0.356 e. The number of anilines is 1. The van der Waals surface area contributed by atoms with Crippen molar-refractivity contribution in [3.8, 4) is 0 Å². The Hall–Kier alpha value is -2.12. The zero-order chi connectivity index (χ0) is 18.1. The van der Waals surface area contributed by atoms with Gasteiger partial charge in [-0.05, 0) is 40.0 Å². The van der Waals surface area contributed by atoms with Gasteiger partial charge in [0.15, 0.2) is 0 Å². The summed E-state index contributed by atoms with van der Waals surface area (Å²) < 4.78 is 0.871. The second kappa shape index (κ2) is 7.25. The summed E-state index contributed by atoms with van der Waals surface area (Å²) >= 11 is 3.35. The maximum atomic E-state index is 12.7. The molecule has 1 aromatic carbocycles. The highest BCUT2D eigenvalue weighted by Gasteiger charge is 2.28. The van der Waals surface area contributed by atoms with Crippen LogP contribution in [0.4, 0.5) is 5.69 Å². The smallest absolute Gasteiger partial charge is 0.270 e. The summed E-state index contributed by atoms with van der Waals surface area (Å²) in [4.78, 5) is 34.0. The first-order valence-corrected chi connectivity index (χ1v) is 9.65. The first-order valence-electron chi connectivity index (χ1n) is 8.85. The number of fused-ring (bicyclic) bond motifs is 1. The molecule has 0 spiro atoms. The van der Waals surface area contributed by atoms with Crippen LogP contribution >= 0.6 is 15.9 Å². The van der Waals surface area contributed by atoms with Crippen LogP contribution in [-0.2, 0) is 11.2 Å². The van der Waals surface area contributed by atoms with Crippen molar-refractivity contribution < 1.29 is 9.59 Å². The molecule has 2 amide bonds. The van der Waals surface area contributed by atoms with Gasteiger partial charge in [0.2, 0.25) is 5.91 Å². The second-order valence-electron chi connectivity index (χ2n) is 6.72. The lowest BCUT2D eigenvalue weighted by molar-refractivity contribution is -0.120. The number of para-hydroxylation sites is 1. The predicted molar refractivity (Wildman–Crippen MR) is 103 cm³/mol. The maximum absolute atomic E-state index is 12.7. The van der Waals surface area contributed by atoms with Crippen molar-refractivity contribution in [1.29, 1.82) is 0 Å². The number of rotatable bonds is 3. The van der Waals surface area contributed by atoms with Crippen molar-refractivity contribution in [3.63, 3.8) is 0 Å². The number of halogens is 1. The number of aromatic nitrogens is 1. The van der Waals surface area contributed by atoms with Crippen LogP contribution in [0.2, 0.25) is 0 Å². The van der Waals surface area contributed by atoms with Crippen LogP contribution in [0.5, 0.6) is 0 Å². The molecule has 6 nitrogen and oxygen atoms in total. The van der Waals surface area contributed by atoms with Crippen molar-refractivity contribution in [1.82, 2.24) is 14.8 Å². The van der Waals surface area contributed by atoms with Crippen molar-refractivity contribution in [2.45, 2.75) is 6.42 Å². The number of piperazine rings is 1. The Balaban J connectivity index is 1.32. The third kappa shape index (κ3) is 3.41. The molecule has 1 fully saturated rings. The number of carbonyl (C=O) groups is 2. The third-order valence-electron chi connectivity index (χ3n) is 5.08. The van der Waals surface area contributed by atoms with Gasteiger partial charge in [-0.2, -0.15) is 0 Å². The number of amides is 2. The lowest BCUT2D eigenvalue weighted by Crippen LogP contribution is -2.51. The molecule has 0 aliphatic carbocycles. The number of aromatic amines is 1. The van der Waals surface area contributed by atoms with Crippen molar-refractivity contribution in [3.05, 3.63) is 52.3 Å². The fraction of sp³-hybridized carbons (Fsp3) is 0.368. The molecule has 2 aromatic rings. The highest BCUT2D eigenvalue weighted by Crippen LogP contribution is 2.27. The summed E-state index contributed by atoms with van der Waals surface area (Å²) in [6.45, 7) is 3.88. The Morgan fingerprint density at radius 3 is 2.58 bits per heavy atom. The van der Waals surface area contributed by atoms with Gasteiger partial charge in [-0.1, -0.05) is 18.2 Å². The van der Waals surface area contributed by atoms with Crippen LogP contribution in [0, 0.1) is 0 Å². The normalized spacial score (nSPS) is 17.4. The molecule has 0 unspecified atom stereocenters. The van der Waals surface area contributed by atoms with Gasteiger partial charge >= 0.3 is 0 Å². The number of hydrogen-bond donors (Lipinski definition) is 1. The highest BCUT2D eigenvalue weighted by atomic mass is 79.9. The van der Waals surface area contributed by atoms with Crippen LogP contribution in [0.15, 0.2) is 41.0 Å². The van der Waals surface area contributed by atoms with E-state index in [1.54, 1.807) is 12.3 Å². The second-order valence-corrected chi connectivity index (χ2v) is 7.64. The lowest BCUT2D eigenvalue weighted by atomic mass is 10.2. The molecule has 2 aliphatic rings. The van der Waals surface area contributed by atoms with Crippen LogP contribution in [0.25, 0.3) is 0 Å². The van der Waals surface area contributed by atoms with Crippen LogP contribution in [-0.4, -0.2) is 65.9 Å². The Morgan fingerprint density at radius 2 is 1.85 bits per heavy atom. The number of H-pyrrole nitrogens is 1. The number of nitrogens with zero attached hydrogens (tertiary/aromatic N) is 3. The Morgan fingerprint density at radius 1 is 1.08 bits per heavy atom. The highest BCUT2D eigenvalue weighted by molar-refractivity contribution is 9.10. The van der Waals surface area contributed by atoms with E-state index in [4.69, 9.17) is 0 Å². The molecule has 0 bridgehead atoms. The standard InChI is InChI=1S/C19H21BrN4O2/c20-15-11-16(21-12-15)19(26)23-9-7-22(8-10-23)13-18(25)24-6-5-14-3-1-2-4-17(14)24/h1-4,11-12,21H,5-10,13H2. The van der Waals surface area contributed by atoms with E-state index in [0.717, 1.165) is 36.2 Å². The van der Waals surface area contributed by atoms with Crippen molar-refractivity contribution in [2.75, 3.05) is 44.2 Å². The molecule has 0 saturated carbocycles. The van der Waals surface area contributed by atoms with Gasteiger partial charge in [0.05, 0.1) is 6.54 Å². The van der Waals surface area contributed by atoms with E-state index in [0.29, 0.717) is 25.3 Å². The summed E-state index contributed by atoms with van der Waals surface area (Å²) in [5.74, 6) is 0.151. The Kier molecular flexibility index (Phi) is 4.82. The van der Waals surface area contributed by atoms with Gasteiger partial charge in [-0.3, -0.25) is 14.5 Å².